The quantitative estimate of drug-likeness (QED) is 0.327. The van der Waals surface area contributed by atoms with E-state index in [0.717, 1.165) is 16.4 Å². The number of esters is 1. The highest BCUT2D eigenvalue weighted by Gasteiger charge is 2.29. The van der Waals surface area contributed by atoms with Gasteiger partial charge in [-0.05, 0) is 55.5 Å². The SMILES string of the molecule is CCOC(=O)c1ccc(NC(=O)CN(c2ccc(F)c(Cl)c2)S(=O)(=O)c2ccc(OC)c(OC)c2)cc1Cl. The minimum Gasteiger partial charge on any atom is -0.493 e. The van der Waals surface area contributed by atoms with Crippen molar-refractivity contribution in [3.05, 3.63) is 76.0 Å². The highest BCUT2D eigenvalue weighted by Crippen LogP contribution is 2.33. The Labute approximate surface area is 229 Å². The van der Waals surface area contributed by atoms with Crippen LogP contribution in [0.15, 0.2) is 59.5 Å². The fourth-order valence-electron chi connectivity index (χ4n) is 3.36. The Hall–Kier alpha value is -3.54. The van der Waals surface area contributed by atoms with Crippen LogP contribution in [0, 0.1) is 5.82 Å². The topological polar surface area (TPSA) is 111 Å². The van der Waals surface area contributed by atoms with Crippen LogP contribution in [-0.4, -0.2) is 47.7 Å². The van der Waals surface area contributed by atoms with Crippen LogP contribution in [0.2, 0.25) is 10.0 Å². The summed E-state index contributed by atoms with van der Waals surface area (Å²) < 4.78 is 57.2. The van der Waals surface area contributed by atoms with Crippen molar-refractivity contribution in [2.45, 2.75) is 11.8 Å². The molecule has 0 aliphatic heterocycles. The molecule has 0 radical (unpaired) electrons. The molecule has 0 saturated carbocycles. The zero-order valence-electron chi connectivity index (χ0n) is 20.5. The highest BCUT2D eigenvalue weighted by atomic mass is 35.5. The Morgan fingerprint density at radius 3 is 2.26 bits per heavy atom. The largest absolute Gasteiger partial charge is 0.493 e. The summed E-state index contributed by atoms with van der Waals surface area (Å²) in [6, 6.07) is 11.3. The Morgan fingerprint density at radius 1 is 0.947 bits per heavy atom. The second kappa shape index (κ2) is 12.3. The lowest BCUT2D eigenvalue weighted by molar-refractivity contribution is -0.114. The first-order valence-corrected chi connectivity index (χ1v) is 13.2. The van der Waals surface area contributed by atoms with Crippen molar-refractivity contribution in [2.75, 3.05) is 37.0 Å². The van der Waals surface area contributed by atoms with Gasteiger partial charge >= 0.3 is 5.97 Å². The molecule has 13 heteroatoms. The average molecular weight is 585 g/mol. The van der Waals surface area contributed by atoms with Gasteiger partial charge in [0.05, 0.1) is 47.0 Å². The van der Waals surface area contributed by atoms with E-state index in [4.69, 9.17) is 37.4 Å². The maximum Gasteiger partial charge on any atom is 0.339 e. The normalized spacial score (nSPS) is 11.0. The van der Waals surface area contributed by atoms with Gasteiger partial charge < -0.3 is 19.5 Å². The molecular weight excluding hydrogens is 562 g/mol. The third-order valence-corrected chi connectivity index (χ3v) is 7.54. The molecule has 3 rings (SSSR count). The average Bonchev–Trinajstić information content (AvgIpc) is 2.88. The van der Waals surface area contributed by atoms with Gasteiger partial charge in [-0.25, -0.2) is 17.6 Å². The van der Waals surface area contributed by atoms with E-state index >= 15 is 0 Å². The fourth-order valence-corrected chi connectivity index (χ4v) is 5.22. The van der Waals surface area contributed by atoms with Crippen LogP contribution >= 0.6 is 23.2 Å². The van der Waals surface area contributed by atoms with E-state index in [-0.39, 0.29) is 44.2 Å². The van der Waals surface area contributed by atoms with Gasteiger partial charge in [-0.2, -0.15) is 0 Å². The predicted molar refractivity (Wildman–Crippen MR) is 142 cm³/mol. The molecule has 0 aliphatic rings. The Kier molecular flexibility index (Phi) is 9.42. The molecule has 0 fully saturated rings. The minimum absolute atomic E-state index is 0.0290. The zero-order valence-corrected chi connectivity index (χ0v) is 22.8. The second-order valence-corrected chi connectivity index (χ2v) is 10.3. The van der Waals surface area contributed by atoms with E-state index in [1.54, 1.807) is 6.92 Å². The number of sulfonamides is 1. The van der Waals surface area contributed by atoms with Crippen molar-refractivity contribution >= 4 is 56.5 Å². The Balaban J connectivity index is 1.96. The molecule has 3 aromatic carbocycles. The zero-order chi connectivity index (χ0) is 28.0. The van der Waals surface area contributed by atoms with E-state index in [1.807, 2.05) is 0 Å². The lowest BCUT2D eigenvalue weighted by Gasteiger charge is -2.25. The number of benzene rings is 3. The number of anilines is 2. The first-order valence-electron chi connectivity index (χ1n) is 11.0. The predicted octanol–water partition coefficient (Wildman–Crippen LogP) is 5.16. The molecule has 202 valence electrons. The van der Waals surface area contributed by atoms with Gasteiger partial charge in [0, 0.05) is 11.8 Å². The van der Waals surface area contributed by atoms with Gasteiger partial charge in [0.25, 0.3) is 10.0 Å². The summed E-state index contributed by atoms with van der Waals surface area (Å²) in [5, 5.41) is 2.23. The molecule has 3 aromatic rings. The molecule has 1 N–H and O–H groups in total. The molecule has 0 aromatic heterocycles. The third kappa shape index (κ3) is 6.47. The van der Waals surface area contributed by atoms with E-state index in [1.165, 1.54) is 56.7 Å². The number of nitrogens with zero attached hydrogens (tertiary/aromatic N) is 1. The molecule has 0 aliphatic carbocycles. The van der Waals surface area contributed by atoms with E-state index in [0.29, 0.717) is 5.75 Å². The number of carbonyl (C=O) groups excluding carboxylic acids is 2. The van der Waals surface area contributed by atoms with Crippen molar-refractivity contribution in [1.29, 1.82) is 0 Å². The Morgan fingerprint density at radius 2 is 1.66 bits per heavy atom. The smallest absolute Gasteiger partial charge is 0.339 e. The van der Waals surface area contributed by atoms with Gasteiger partial charge in [-0.15, -0.1) is 0 Å². The number of amides is 1. The number of nitrogens with one attached hydrogen (secondary N) is 1. The summed E-state index contributed by atoms with van der Waals surface area (Å²) in [7, 11) is -1.65. The molecule has 0 heterocycles. The minimum atomic E-state index is -4.39. The van der Waals surface area contributed by atoms with Crippen LogP contribution in [0.5, 0.6) is 11.5 Å². The van der Waals surface area contributed by atoms with E-state index < -0.39 is 34.3 Å². The van der Waals surface area contributed by atoms with Gasteiger partial charge in [-0.1, -0.05) is 23.2 Å². The van der Waals surface area contributed by atoms with Gasteiger partial charge in [-0.3, -0.25) is 9.10 Å². The maximum atomic E-state index is 13.8. The number of carbonyl (C=O) groups is 2. The van der Waals surface area contributed by atoms with Crippen molar-refractivity contribution < 1.29 is 36.6 Å². The number of halogens is 3. The van der Waals surface area contributed by atoms with E-state index in [2.05, 4.69) is 5.32 Å². The summed E-state index contributed by atoms with van der Waals surface area (Å²) in [6.07, 6.45) is 0. The maximum absolute atomic E-state index is 13.8. The summed E-state index contributed by atoms with van der Waals surface area (Å²) >= 11 is 12.1. The van der Waals surface area contributed by atoms with Gasteiger partial charge in [0.15, 0.2) is 11.5 Å². The molecule has 0 spiro atoms. The molecule has 0 bridgehead atoms. The molecule has 0 unspecified atom stereocenters. The first kappa shape index (κ1) is 29.0. The van der Waals surface area contributed by atoms with Crippen LogP contribution < -0.4 is 19.1 Å². The van der Waals surface area contributed by atoms with Gasteiger partial charge in [0.2, 0.25) is 5.91 Å². The van der Waals surface area contributed by atoms with Crippen LogP contribution in [0.4, 0.5) is 15.8 Å². The van der Waals surface area contributed by atoms with Crippen molar-refractivity contribution in [2.24, 2.45) is 0 Å². The number of rotatable bonds is 10. The molecule has 38 heavy (non-hydrogen) atoms. The summed E-state index contributed by atoms with van der Waals surface area (Å²) in [4.78, 5) is 24.7. The first-order chi connectivity index (χ1) is 18.0. The molecule has 1 amide bonds. The van der Waals surface area contributed by atoms with Crippen molar-refractivity contribution in [3.63, 3.8) is 0 Å². The standard InChI is InChI=1S/C25H23Cl2FN2O7S/c1-4-37-25(32)18-8-5-15(11-19(18)26)29-24(31)14-30(16-6-9-21(28)20(27)12-16)38(33,34)17-7-10-22(35-2)23(13-17)36-3/h5-13H,4,14H2,1-3H3,(H,29,31). The number of hydrogen-bond donors (Lipinski definition) is 1. The van der Waals surface area contributed by atoms with E-state index in [9.17, 15) is 22.4 Å². The molecular formula is C25H23Cl2FN2O7S. The third-order valence-electron chi connectivity index (χ3n) is 5.17. The van der Waals surface area contributed by atoms with Crippen LogP contribution in [0.3, 0.4) is 0 Å². The van der Waals surface area contributed by atoms with Crippen LogP contribution in [0.1, 0.15) is 17.3 Å². The lowest BCUT2D eigenvalue weighted by atomic mass is 10.2. The number of methoxy groups -OCH3 is 2. The second-order valence-electron chi connectivity index (χ2n) is 7.59. The monoisotopic (exact) mass is 584 g/mol. The summed E-state index contributed by atoms with van der Waals surface area (Å²) in [5.74, 6) is -1.71. The van der Waals surface area contributed by atoms with Crippen molar-refractivity contribution in [1.82, 2.24) is 0 Å². The van der Waals surface area contributed by atoms with Crippen LogP contribution in [-0.2, 0) is 19.6 Å². The van der Waals surface area contributed by atoms with Crippen molar-refractivity contribution in [3.8, 4) is 11.5 Å². The molecule has 0 atom stereocenters. The highest BCUT2D eigenvalue weighted by molar-refractivity contribution is 7.92. The van der Waals surface area contributed by atoms with Gasteiger partial charge in [0.1, 0.15) is 12.4 Å². The molecule has 9 nitrogen and oxygen atoms in total. The summed E-state index contributed by atoms with van der Waals surface area (Å²) in [5.41, 5.74) is 0.246. The number of hydrogen-bond acceptors (Lipinski definition) is 7. The summed E-state index contributed by atoms with van der Waals surface area (Å²) in [6.45, 7) is 1.10. The van der Waals surface area contributed by atoms with Crippen LogP contribution in [0.25, 0.3) is 0 Å². The Bertz CT molecular complexity index is 1470. The molecule has 0 saturated heterocycles. The number of ether oxygens (including phenoxy) is 3. The lowest BCUT2D eigenvalue weighted by Crippen LogP contribution is -2.38. The fraction of sp³-hybridized carbons (Fsp3) is 0.200.